The number of sulfone groups is 1. The molecule has 4 nitrogen and oxygen atoms in total. The molecule has 1 aromatic rings. The van der Waals surface area contributed by atoms with E-state index in [4.69, 9.17) is 0 Å². The number of anilines is 1. The first-order valence-electron chi connectivity index (χ1n) is 6.01. The molecule has 0 spiro atoms. The van der Waals surface area contributed by atoms with Crippen molar-refractivity contribution in [1.82, 2.24) is 0 Å². The van der Waals surface area contributed by atoms with E-state index < -0.39 is 15.9 Å². The van der Waals surface area contributed by atoms with Crippen LogP contribution in [0.5, 0.6) is 0 Å². The lowest BCUT2D eigenvalue weighted by Gasteiger charge is -2.24. The van der Waals surface area contributed by atoms with Crippen LogP contribution in [0.3, 0.4) is 0 Å². The van der Waals surface area contributed by atoms with Crippen LogP contribution in [0, 0.1) is 0 Å². The van der Waals surface area contributed by atoms with Gasteiger partial charge in [0.05, 0.1) is 11.9 Å². The maximum absolute atomic E-state index is 11.2. The van der Waals surface area contributed by atoms with Gasteiger partial charge >= 0.3 is 0 Å². The first-order chi connectivity index (χ1) is 8.35. The van der Waals surface area contributed by atoms with E-state index in [2.05, 4.69) is 0 Å². The maximum Gasteiger partial charge on any atom is 0.149 e. The fraction of sp³-hybridized carbons (Fsp3) is 0.538. The third-order valence-electron chi connectivity index (χ3n) is 2.89. The molecule has 0 aliphatic carbocycles. The fourth-order valence-corrected chi connectivity index (χ4v) is 2.37. The molecule has 0 bridgehead atoms. The molecule has 0 saturated heterocycles. The summed E-state index contributed by atoms with van der Waals surface area (Å²) >= 11 is 0. The monoisotopic (exact) mass is 271 g/mol. The predicted octanol–water partition coefficient (Wildman–Crippen LogP) is 1.61. The summed E-state index contributed by atoms with van der Waals surface area (Å²) in [7, 11) is -1.13. The van der Waals surface area contributed by atoms with Crippen LogP contribution < -0.4 is 4.90 Å². The summed E-state index contributed by atoms with van der Waals surface area (Å²) in [6.07, 6.45) is 1.35. The van der Waals surface area contributed by atoms with Crippen LogP contribution >= 0.6 is 0 Å². The zero-order valence-corrected chi connectivity index (χ0v) is 11.9. The molecule has 0 amide bonds. The van der Waals surface area contributed by atoms with Gasteiger partial charge in [-0.1, -0.05) is 25.1 Å². The predicted molar refractivity (Wildman–Crippen MR) is 74.7 cm³/mol. The van der Waals surface area contributed by atoms with Crippen molar-refractivity contribution in [3.05, 3.63) is 29.8 Å². The van der Waals surface area contributed by atoms with Crippen LogP contribution in [0.2, 0.25) is 0 Å². The number of rotatable bonds is 6. The Hall–Kier alpha value is -1.07. The first kappa shape index (κ1) is 15.0. The summed E-state index contributed by atoms with van der Waals surface area (Å²) in [6.45, 7) is 2.34. The van der Waals surface area contributed by atoms with Crippen molar-refractivity contribution in [2.45, 2.75) is 19.4 Å². The number of aliphatic hydroxyl groups excluding tert-OH is 1. The van der Waals surface area contributed by atoms with E-state index in [1.165, 1.54) is 6.26 Å². The van der Waals surface area contributed by atoms with Gasteiger partial charge in [0.1, 0.15) is 9.84 Å². The lowest BCUT2D eigenvalue weighted by atomic mass is 10.0. The summed E-state index contributed by atoms with van der Waals surface area (Å²) in [6, 6.07) is 7.54. The molecule has 1 rings (SSSR count). The van der Waals surface area contributed by atoms with Crippen molar-refractivity contribution in [2.75, 3.05) is 30.5 Å². The fourth-order valence-electron chi connectivity index (χ4n) is 1.76. The zero-order valence-electron chi connectivity index (χ0n) is 11.1. The van der Waals surface area contributed by atoms with E-state index in [1.54, 1.807) is 0 Å². The highest BCUT2D eigenvalue weighted by Gasteiger charge is 2.14. The quantitative estimate of drug-likeness (QED) is 0.854. The molecule has 0 saturated carbocycles. The van der Waals surface area contributed by atoms with Crippen molar-refractivity contribution in [3.8, 4) is 0 Å². The summed E-state index contributed by atoms with van der Waals surface area (Å²) in [5, 5.41) is 9.94. The minimum absolute atomic E-state index is 0.111. The third-order valence-corrected chi connectivity index (χ3v) is 3.82. The molecule has 0 aliphatic heterocycles. The Labute approximate surface area is 109 Å². The van der Waals surface area contributed by atoms with Crippen LogP contribution in [-0.4, -0.2) is 39.1 Å². The normalized spacial score (nSPS) is 13.3. The van der Waals surface area contributed by atoms with Crippen molar-refractivity contribution >= 4 is 15.5 Å². The van der Waals surface area contributed by atoms with Gasteiger partial charge in [-0.05, 0) is 12.5 Å². The van der Waals surface area contributed by atoms with E-state index >= 15 is 0 Å². The van der Waals surface area contributed by atoms with E-state index in [1.807, 2.05) is 43.1 Å². The lowest BCUT2D eigenvalue weighted by molar-refractivity contribution is 0.174. The number of aliphatic hydroxyl groups is 1. The Morgan fingerprint density at radius 1 is 1.33 bits per heavy atom. The van der Waals surface area contributed by atoms with Gasteiger partial charge in [-0.2, -0.15) is 0 Å². The highest BCUT2D eigenvalue weighted by molar-refractivity contribution is 7.90. The summed E-state index contributed by atoms with van der Waals surface area (Å²) in [5.74, 6) is 0.111. The average Bonchev–Trinajstić information content (AvgIpc) is 2.34. The average molecular weight is 271 g/mol. The molecule has 5 heteroatoms. The summed E-state index contributed by atoms with van der Waals surface area (Å²) in [5.41, 5.74) is 1.73. The molecule has 1 aromatic carbocycles. The largest absolute Gasteiger partial charge is 0.388 e. The Bertz CT molecular complexity index is 485. The van der Waals surface area contributed by atoms with Gasteiger partial charge in [0, 0.05) is 31.1 Å². The van der Waals surface area contributed by atoms with Gasteiger partial charge in [-0.3, -0.25) is 0 Å². The SMILES string of the molecule is CC[C@H](O)c1ccccc1N(C)CCS(C)(=O)=O. The van der Waals surface area contributed by atoms with Crippen LogP contribution in [0.15, 0.2) is 24.3 Å². The Kier molecular flexibility index (Phi) is 5.16. The third kappa shape index (κ3) is 4.31. The first-order valence-corrected chi connectivity index (χ1v) is 8.07. The number of para-hydroxylation sites is 1. The van der Waals surface area contributed by atoms with Crippen molar-refractivity contribution in [2.24, 2.45) is 0 Å². The van der Waals surface area contributed by atoms with Gasteiger partial charge in [0.15, 0.2) is 0 Å². The smallest absolute Gasteiger partial charge is 0.149 e. The van der Waals surface area contributed by atoms with Crippen LogP contribution in [0.4, 0.5) is 5.69 Å². The van der Waals surface area contributed by atoms with Crippen molar-refractivity contribution in [3.63, 3.8) is 0 Å². The molecule has 1 N–H and O–H groups in total. The minimum atomic E-state index is -2.97. The molecule has 102 valence electrons. The van der Waals surface area contributed by atoms with Crippen molar-refractivity contribution < 1.29 is 13.5 Å². The van der Waals surface area contributed by atoms with Gasteiger partial charge in [0.25, 0.3) is 0 Å². The highest BCUT2D eigenvalue weighted by atomic mass is 32.2. The Morgan fingerprint density at radius 2 is 1.94 bits per heavy atom. The molecule has 0 aliphatic rings. The molecular weight excluding hydrogens is 250 g/mol. The molecular formula is C13H21NO3S. The van der Waals surface area contributed by atoms with E-state index in [-0.39, 0.29) is 5.75 Å². The molecule has 18 heavy (non-hydrogen) atoms. The van der Waals surface area contributed by atoms with Crippen molar-refractivity contribution in [1.29, 1.82) is 0 Å². The number of hydrogen-bond acceptors (Lipinski definition) is 4. The van der Waals surface area contributed by atoms with Gasteiger partial charge in [-0.15, -0.1) is 0 Å². The highest BCUT2D eigenvalue weighted by Crippen LogP contribution is 2.27. The Morgan fingerprint density at radius 3 is 2.50 bits per heavy atom. The zero-order chi connectivity index (χ0) is 13.8. The van der Waals surface area contributed by atoms with Crippen LogP contribution in [0.1, 0.15) is 25.0 Å². The standard InChI is InChI=1S/C13H21NO3S/c1-4-13(15)11-7-5-6-8-12(11)14(2)9-10-18(3,16)17/h5-8,13,15H,4,9-10H2,1-3H3/t13-/m0/s1. The topological polar surface area (TPSA) is 57.6 Å². The second-order valence-corrected chi connectivity index (χ2v) is 6.79. The molecule has 0 unspecified atom stereocenters. The Balaban J connectivity index is 2.88. The minimum Gasteiger partial charge on any atom is -0.388 e. The second kappa shape index (κ2) is 6.20. The number of benzene rings is 1. The maximum atomic E-state index is 11.2. The van der Waals surface area contributed by atoms with Crippen LogP contribution in [0.25, 0.3) is 0 Å². The van der Waals surface area contributed by atoms with E-state index in [0.29, 0.717) is 13.0 Å². The molecule has 0 fully saturated rings. The van der Waals surface area contributed by atoms with Crippen LogP contribution in [-0.2, 0) is 9.84 Å². The lowest BCUT2D eigenvalue weighted by Crippen LogP contribution is -2.26. The van der Waals surface area contributed by atoms with E-state index in [0.717, 1.165) is 11.3 Å². The van der Waals surface area contributed by atoms with Gasteiger partial charge in [-0.25, -0.2) is 8.42 Å². The number of hydrogen-bond donors (Lipinski definition) is 1. The molecule has 0 radical (unpaired) electrons. The number of nitrogens with zero attached hydrogens (tertiary/aromatic N) is 1. The van der Waals surface area contributed by atoms with E-state index in [9.17, 15) is 13.5 Å². The molecule has 0 aromatic heterocycles. The van der Waals surface area contributed by atoms with Gasteiger partial charge in [0.2, 0.25) is 0 Å². The second-order valence-electron chi connectivity index (χ2n) is 4.53. The summed E-state index contributed by atoms with van der Waals surface area (Å²) in [4.78, 5) is 1.87. The molecule has 0 heterocycles. The molecule has 1 atom stereocenters. The summed E-state index contributed by atoms with van der Waals surface area (Å²) < 4.78 is 22.3. The van der Waals surface area contributed by atoms with Gasteiger partial charge < -0.3 is 10.0 Å².